The maximum absolute atomic E-state index is 15.2. The molecule has 0 atom stereocenters. The van der Waals surface area contributed by atoms with Gasteiger partial charge in [-0.2, -0.15) is 0 Å². The average Bonchev–Trinajstić information content (AvgIpc) is 3.45. The van der Waals surface area contributed by atoms with Crippen molar-refractivity contribution in [1.82, 2.24) is 9.88 Å². The maximum Gasteiger partial charge on any atom is 0.341 e. The number of benzene rings is 1. The molecule has 2 aliphatic rings. The van der Waals surface area contributed by atoms with Gasteiger partial charge in [0.1, 0.15) is 5.56 Å². The molecule has 7 nitrogen and oxygen atoms in total. The number of halogens is 2. The molecular formula is C18H22ClFN4O3. The van der Waals surface area contributed by atoms with Crippen LogP contribution in [-0.2, 0) is 0 Å². The standard InChI is InChI=1S/C18H21FN4O3.ClH/c1-9-15-12(14(20)13(19)16(9)22-6-4-21-5-7-22)17(24)11(18(25)26)8-23(15)10-2-3-10;/h8,10,21H,2-7,20H2,1H3,(H,25,26);1H. The number of anilines is 2. The third-order valence-corrected chi connectivity index (χ3v) is 5.26. The van der Waals surface area contributed by atoms with Gasteiger partial charge in [-0.25, -0.2) is 9.18 Å². The number of hydrogen-bond donors (Lipinski definition) is 3. The third-order valence-electron chi connectivity index (χ3n) is 5.26. The van der Waals surface area contributed by atoms with Crippen molar-refractivity contribution in [3.05, 3.63) is 33.4 Å². The number of piperazine rings is 1. The van der Waals surface area contributed by atoms with Crippen LogP contribution >= 0.6 is 12.4 Å². The molecule has 2 heterocycles. The smallest absolute Gasteiger partial charge is 0.341 e. The summed E-state index contributed by atoms with van der Waals surface area (Å²) in [6, 6.07) is 0.121. The highest BCUT2D eigenvalue weighted by Crippen LogP contribution is 2.42. The minimum atomic E-state index is -1.32. The van der Waals surface area contributed by atoms with E-state index in [1.165, 1.54) is 6.20 Å². The number of nitrogens with zero attached hydrogens (tertiary/aromatic N) is 2. The minimum Gasteiger partial charge on any atom is -0.477 e. The fraction of sp³-hybridized carbons (Fsp3) is 0.444. The van der Waals surface area contributed by atoms with Crippen molar-refractivity contribution >= 4 is 40.7 Å². The molecule has 1 saturated heterocycles. The summed E-state index contributed by atoms with van der Waals surface area (Å²) in [6.45, 7) is 4.54. The molecule has 1 aromatic heterocycles. The van der Waals surface area contributed by atoms with E-state index in [0.29, 0.717) is 29.9 Å². The molecule has 9 heteroatoms. The van der Waals surface area contributed by atoms with Gasteiger partial charge in [0.2, 0.25) is 5.43 Å². The zero-order chi connectivity index (χ0) is 18.6. The van der Waals surface area contributed by atoms with Crippen LogP contribution in [0.1, 0.15) is 34.8 Å². The first-order valence-corrected chi connectivity index (χ1v) is 8.77. The minimum absolute atomic E-state index is 0. The fourth-order valence-corrected chi connectivity index (χ4v) is 3.84. The largest absolute Gasteiger partial charge is 0.477 e. The molecule has 4 rings (SSSR count). The van der Waals surface area contributed by atoms with Crippen LogP contribution in [0.15, 0.2) is 11.0 Å². The zero-order valence-electron chi connectivity index (χ0n) is 14.9. The molecule has 146 valence electrons. The molecule has 0 bridgehead atoms. The normalized spacial score (nSPS) is 17.0. The second-order valence-electron chi connectivity index (χ2n) is 6.98. The van der Waals surface area contributed by atoms with Crippen LogP contribution in [-0.4, -0.2) is 41.8 Å². The van der Waals surface area contributed by atoms with E-state index >= 15 is 4.39 Å². The number of aromatic nitrogens is 1. The van der Waals surface area contributed by atoms with Crippen molar-refractivity contribution in [3.8, 4) is 0 Å². The highest BCUT2D eigenvalue weighted by atomic mass is 35.5. The summed E-state index contributed by atoms with van der Waals surface area (Å²) in [5, 5.41) is 12.6. The molecule has 2 aromatic rings. The van der Waals surface area contributed by atoms with Gasteiger partial charge in [-0.05, 0) is 25.3 Å². The molecule has 0 unspecified atom stereocenters. The number of rotatable bonds is 3. The Bertz CT molecular complexity index is 981. The average molecular weight is 397 g/mol. The number of hydrogen-bond acceptors (Lipinski definition) is 5. The van der Waals surface area contributed by atoms with E-state index in [-0.39, 0.29) is 35.1 Å². The SMILES string of the molecule is Cc1c(N2CCNCC2)c(F)c(N)c2c(=O)c(C(=O)O)cn(C3CC3)c12.Cl. The number of carboxylic acids is 1. The van der Waals surface area contributed by atoms with Crippen LogP contribution in [0.3, 0.4) is 0 Å². The number of aryl methyl sites for hydroxylation is 1. The van der Waals surface area contributed by atoms with Crippen molar-refractivity contribution in [2.45, 2.75) is 25.8 Å². The number of carbonyl (C=O) groups is 1. The zero-order valence-corrected chi connectivity index (χ0v) is 15.7. The Balaban J connectivity index is 0.00000210. The predicted molar refractivity (Wildman–Crippen MR) is 105 cm³/mol. The Labute approximate surface area is 161 Å². The molecule has 1 saturated carbocycles. The number of carboxylic acid groups (broad SMARTS) is 1. The molecule has 2 fully saturated rings. The lowest BCUT2D eigenvalue weighted by molar-refractivity contribution is 0.0695. The van der Waals surface area contributed by atoms with Gasteiger partial charge in [0.25, 0.3) is 0 Å². The molecule has 1 aliphatic heterocycles. The van der Waals surface area contributed by atoms with Gasteiger partial charge in [-0.1, -0.05) is 0 Å². The summed E-state index contributed by atoms with van der Waals surface area (Å²) in [5.74, 6) is -1.96. The summed E-state index contributed by atoms with van der Waals surface area (Å²) >= 11 is 0. The van der Waals surface area contributed by atoms with E-state index in [2.05, 4.69) is 5.32 Å². The molecule has 0 amide bonds. The van der Waals surface area contributed by atoms with Crippen molar-refractivity contribution in [2.24, 2.45) is 0 Å². The topological polar surface area (TPSA) is 101 Å². The fourth-order valence-electron chi connectivity index (χ4n) is 3.84. The Morgan fingerprint density at radius 1 is 1.33 bits per heavy atom. The summed E-state index contributed by atoms with van der Waals surface area (Å²) in [6.07, 6.45) is 3.18. The number of aromatic carboxylic acids is 1. The highest BCUT2D eigenvalue weighted by Gasteiger charge is 2.31. The molecule has 0 spiro atoms. The van der Waals surface area contributed by atoms with E-state index in [4.69, 9.17) is 5.73 Å². The lowest BCUT2D eigenvalue weighted by Crippen LogP contribution is -2.44. The molecule has 27 heavy (non-hydrogen) atoms. The van der Waals surface area contributed by atoms with Gasteiger partial charge >= 0.3 is 5.97 Å². The Morgan fingerprint density at radius 2 is 1.96 bits per heavy atom. The van der Waals surface area contributed by atoms with Gasteiger partial charge in [-0.15, -0.1) is 12.4 Å². The Hall–Kier alpha value is -2.32. The number of pyridine rings is 1. The highest BCUT2D eigenvalue weighted by molar-refractivity contribution is 6.01. The Morgan fingerprint density at radius 3 is 2.52 bits per heavy atom. The van der Waals surface area contributed by atoms with E-state index in [1.54, 1.807) is 11.5 Å². The Kier molecular flexibility index (Phi) is 5.05. The van der Waals surface area contributed by atoms with Crippen LogP contribution in [0.5, 0.6) is 0 Å². The second-order valence-corrected chi connectivity index (χ2v) is 6.98. The van der Waals surface area contributed by atoms with Crippen LogP contribution in [0, 0.1) is 12.7 Å². The summed E-state index contributed by atoms with van der Waals surface area (Å²) < 4.78 is 17.0. The second kappa shape index (κ2) is 7.01. The van der Waals surface area contributed by atoms with Crippen molar-refractivity contribution < 1.29 is 14.3 Å². The maximum atomic E-state index is 15.2. The van der Waals surface area contributed by atoms with Gasteiger partial charge in [0.05, 0.1) is 22.3 Å². The first-order valence-electron chi connectivity index (χ1n) is 8.77. The molecule has 1 aromatic carbocycles. The number of nitrogens with two attached hydrogens (primary N) is 1. The van der Waals surface area contributed by atoms with Crippen molar-refractivity contribution in [2.75, 3.05) is 36.8 Å². The monoisotopic (exact) mass is 396 g/mol. The van der Waals surface area contributed by atoms with E-state index in [1.807, 2.05) is 4.90 Å². The first kappa shape index (κ1) is 19.4. The van der Waals surface area contributed by atoms with Gasteiger partial charge in [0.15, 0.2) is 5.82 Å². The summed E-state index contributed by atoms with van der Waals surface area (Å²) in [7, 11) is 0. The first-order chi connectivity index (χ1) is 12.4. The van der Waals surface area contributed by atoms with Crippen molar-refractivity contribution in [1.29, 1.82) is 0 Å². The van der Waals surface area contributed by atoms with Crippen LogP contribution in [0.25, 0.3) is 10.9 Å². The number of fused-ring (bicyclic) bond motifs is 1. The molecule has 0 radical (unpaired) electrons. The van der Waals surface area contributed by atoms with Gasteiger partial charge in [0, 0.05) is 38.4 Å². The number of nitrogen functional groups attached to an aromatic ring is 1. The van der Waals surface area contributed by atoms with Crippen LogP contribution < -0.4 is 21.4 Å². The number of nitrogens with one attached hydrogen (secondary N) is 1. The lowest BCUT2D eigenvalue weighted by Gasteiger charge is -2.32. The van der Waals surface area contributed by atoms with Crippen molar-refractivity contribution in [3.63, 3.8) is 0 Å². The molecule has 4 N–H and O–H groups in total. The molecule has 1 aliphatic carbocycles. The molecular weight excluding hydrogens is 375 g/mol. The summed E-state index contributed by atoms with van der Waals surface area (Å²) in [5.41, 5.74) is 6.27. The van der Waals surface area contributed by atoms with E-state index in [9.17, 15) is 14.7 Å². The third kappa shape index (κ3) is 3.02. The van der Waals surface area contributed by atoms with Crippen LogP contribution in [0.2, 0.25) is 0 Å². The van der Waals surface area contributed by atoms with Gasteiger partial charge in [-0.3, -0.25) is 4.79 Å². The predicted octanol–water partition coefficient (Wildman–Crippen LogP) is 1.90. The summed E-state index contributed by atoms with van der Waals surface area (Å²) in [4.78, 5) is 26.1. The van der Waals surface area contributed by atoms with Gasteiger partial charge < -0.3 is 25.6 Å². The van der Waals surface area contributed by atoms with E-state index in [0.717, 1.165) is 25.9 Å². The quantitative estimate of drug-likeness (QED) is 0.685. The van der Waals surface area contributed by atoms with E-state index < -0.39 is 17.2 Å². The lowest BCUT2D eigenvalue weighted by atomic mass is 10.0. The van der Waals surface area contributed by atoms with Crippen LogP contribution in [0.4, 0.5) is 15.8 Å².